The van der Waals surface area contributed by atoms with Crippen LogP contribution in [0.1, 0.15) is 51.6 Å². The fraction of sp³-hybridized carbons (Fsp3) is 0.565. The van der Waals surface area contributed by atoms with Gasteiger partial charge < -0.3 is 15.0 Å². The highest BCUT2D eigenvalue weighted by Crippen LogP contribution is 2.33. The summed E-state index contributed by atoms with van der Waals surface area (Å²) in [6, 6.07) is 5.91. The van der Waals surface area contributed by atoms with Crippen LogP contribution in [-0.2, 0) is 21.4 Å². The lowest BCUT2D eigenvalue weighted by molar-refractivity contribution is -0.134. The first-order valence-electron chi connectivity index (χ1n) is 11.1. The maximum atomic E-state index is 12.4. The van der Waals surface area contributed by atoms with E-state index in [1.165, 1.54) is 0 Å². The van der Waals surface area contributed by atoms with Crippen LogP contribution in [0.2, 0.25) is 0 Å². The van der Waals surface area contributed by atoms with Gasteiger partial charge in [0.1, 0.15) is 5.60 Å². The normalized spacial score (nSPS) is 21.7. The zero-order valence-corrected chi connectivity index (χ0v) is 19.1. The van der Waals surface area contributed by atoms with Gasteiger partial charge in [-0.1, -0.05) is 12.1 Å². The molecule has 2 aromatic rings. The summed E-state index contributed by atoms with van der Waals surface area (Å²) in [5.74, 6) is -0.622. The zero-order chi connectivity index (χ0) is 23.0. The van der Waals surface area contributed by atoms with Gasteiger partial charge in [-0.2, -0.15) is 5.10 Å². The van der Waals surface area contributed by atoms with Gasteiger partial charge in [-0.25, -0.2) is 4.79 Å². The minimum atomic E-state index is -0.497. The maximum Gasteiger partial charge on any atom is 0.410 e. The van der Waals surface area contributed by atoms with Crippen molar-refractivity contribution in [2.45, 2.75) is 51.6 Å². The zero-order valence-electron chi connectivity index (χ0n) is 19.1. The lowest BCUT2D eigenvalue weighted by atomic mass is 9.92. The Balaban J connectivity index is 1.46. The van der Waals surface area contributed by atoms with E-state index in [-0.39, 0.29) is 17.9 Å². The van der Waals surface area contributed by atoms with Gasteiger partial charge in [-0.15, -0.1) is 0 Å². The molecule has 0 aliphatic carbocycles. The first kappa shape index (κ1) is 22.1. The van der Waals surface area contributed by atoms with E-state index in [0.29, 0.717) is 37.5 Å². The van der Waals surface area contributed by atoms with Crippen LogP contribution < -0.4 is 10.6 Å². The third-order valence-corrected chi connectivity index (χ3v) is 5.98. The van der Waals surface area contributed by atoms with Crippen LogP contribution in [0.15, 0.2) is 18.2 Å². The molecule has 2 aliphatic rings. The first-order valence-corrected chi connectivity index (χ1v) is 11.1. The van der Waals surface area contributed by atoms with Crippen molar-refractivity contribution in [3.05, 3.63) is 23.9 Å². The molecule has 0 spiro atoms. The van der Waals surface area contributed by atoms with Crippen molar-refractivity contribution in [1.29, 1.82) is 0 Å². The molecule has 1 aromatic carbocycles. The van der Waals surface area contributed by atoms with E-state index in [2.05, 4.69) is 15.7 Å². The lowest BCUT2D eigenvalue weighted by Crippen LogP contribution is -2.39. The second-order valence-corrected chi connectivity index (χ2v) is 9.68. The third kappa shape index (κ3) is 4.56. The van der Waals surface area contributed by atoms with E-state index in [9.17, 15) is 14.4 Å². The number of amides is 3. The molecule has 4 rings (SSSR count). The number of fused-ring (bicyclic) bond motifs is 1. The molecular formula is C23H31N5O4. The molecule has 0 bridgehead atoms. The summed E-state index contributed by atoms with van der Waals surface area (Å²) < 4.78 is 7.27. The highest BCUT2D eigenvalue weighted by Gasteiger charge is 2.32. The van der Waals surface area contributed by atoms with E-state index in [1.807, 2.05) is 46.0 Å². The summed E-state index contributed by atoms with van der Waals surface area (Å²) in [6.07, 6.45) is 1.44. The van der Waals surface area contributed by atoms with Gasteiger partial charge in [0.25, 0.3) is 0 Å². The number of aromatic nitrogens is 2. The molecule has 9 heteroatoms. The van der Waals surface area contributed by atoms with Gasteiger partial charge in [0.15, 0.2) is 0 Å². The molecule has 3 amide bonds. The molecule has 2 aliphatic heterocycles. The van der Waals surface area contributed by atoms with Crippen molar-refractivity contribution < 1.29 is 19.1 Å². The Kier molecular flexibility index (Phi) is 5.83. The summed E-state index contributed by atoms with van der Waals surface area (Å²) in [4.78, 5) is 38.0. The van der Waals surface area contributed by atoms with Gasteiger partial charge in [-0.05, 0) is 45.6 Å². The number of benzene rings is 1. The van der Waals surface area contributed by atoms with Crippen molar-refractivity contribution in [2.75, 3.05) is 25.0 Å². The van der Waals surface area contributed by atoms with Crippen LogP contribution in [0.3, 0.4) is 0 Å². The number of carbonyl (C=O) groups excluding carboxylic acids is 3. The molecule has 2 N–H and O–H groups in total. The van der Waals surface area contributed by atoms with E-state index in [0.717, 1.165) is 29.6 Å². The fourth-order valence-electron chi connectivity index (χ4n) is 4.46. The number of anilines is 1. The molecule has 172 valence electrons. The van der Waals surface area contributed by atoms with Crippen molar-refractivity contribution in [2.24, 2.45) is 13.0 Å². The fourth-order valence-corrected chi connectivity index (χ4v) is 4.46. The summed E-state index contributed by atoms with van der Waals surface area (Å²) >= 11 is 0. The number of carbonyl (C=O) groups is 3. The van der Waals surface area contributed by atoms with Gasteiger partial charge in [-0.3, -0.25) is 19.6 Å². The SMILES string of the molecule is Cn1nc(C2CCC(=O)NC2=O)c2cccc(NC[C@@H]3CCN(C(=O)OC(C)(C)C)C3)c21. The molecule has 0 saturated carbocycles. The van der Waals surface area contributed by atoms with Crippen LogP contribution in [0.5, 0.6) is 0 Å². The van der Waals surface area contributed by atoms with Crippen LogP contribution in [0.25, 0.3) is 10.9 Å². The van der Waals surface area contributed by atoms with Crippen LogP contribution >= 0.6 is 0 Å². The molecule has 9 nitrogen and oxygen atoms in total. The molecule has 3 heterocycles. The highest BCUT2D eigenvalue weighted by atomic mass is 16.6. The van der Waals surface area contributed by atoms with Gasteiger partial charge in [0, 0.05) is 38.5 Å². The van der Waals surface area contributed by atoms with Crippen LogP contribution in [0, 0.1) is 5.92 Å². The number of hydrogen-bond donors (Lipinski definition) is 2. The van der Waals surface area contributed by atoms with Crippen molar-refractivity contribution >= 4 is 34.5 Å². The Morgan fingerprint density at radius 1 is 1.28 bits per heavy atom. The van der Waals surface area contributed by atoms with Crippen molar-refractivity contribution in [1.82, 2.24) is 20.0 Å². The van der Waals surface area contributed by atoms with Crippen molar-refractivity contribution in [3.8, 4) is 0 Å². The molecule has 0 radical (unpaired) electrons. The van der Waals surface area contributed by atoms with E-state index in [4.69, 9.17) is 4.74 Å². The number of ether oxygens (including phenoxy) is 1. The molecule has 32 heavy (non-hydrogen) atoms. The largest absolute Gasteiger partial charge is 0.444 e. The van der Waals surface area contributed by atoms with Crippen LogP contribution in [0.4, 0.5) is 10.5 Å². The standard InChI is InChI=1S/C23H31N5O4/c1-23(2,3)32-22(31)28-11-10-14(13-28)12-24-17-7-5-6-15-19(26-27(4)20(15)17)16-8-9-18(29)25-21(16)30/h5-7,14,16,24H,8-13H2,1-4H3,(H,25,29,30)/t14-,16?/m0/s1. The molecule has 1 aromatic heterocycles. The number of likely N-dealkylation sites (tertiary alicyclic amines) is 1. The number of nitrogens with zero attached hydrogens (tertiary/aromatic N) is 3. The van der Waals surface area contributed by atoms with Gasteiger partial charge in [0.2, 0.25) is 11.8 Å². The Hall–Kier alpha value is -3.10. The third-order valence-electron chi connectivity index (χ3n) is 5.98. The minimum absolute atomic E-state index is 0.231. The quantitative estimate of drug-likeness (QED) is 0.707. The minimum Gasteiger partial charge on any atom is -0.444 e. The summed E-state index contributed by atoms with van der Waals surface area (Å²) in [6.45, 7) is 7.69. The van der Waals surface area contributed by atoms with Gasteiger partial charge in [0.05, 0.1) is 22.8 Å². The predicted molar refractivity (Wildman–Crippen MR) is 120 cm³/mol. The van der Waals surface area contributed by atoms with E-state index in [1.54, 1.807) is 9.58 Å². The van der Waals surface area contributed by atoms with E-state index < -0.39 is 11.5 Å². The number of piperidine rings is 1. The smallest absolute Gasteiger partial charge is 0.410 e. The summed E-state index contributed by atoms with van der Waals surface area (Å²) in [5.41, 5.74) is 2.07. The first-order chi connectivity index (χ1) is 15.1. The average Bonchev–Trinajstić information content (AvgIpc) is 3.31. The average molecular weight is 442 g/mol. The molecular weight excluding hydrogens is 410 g/mol. The Bertz CT molecular complexity index is 1050. The Morgan fingerprint density at radius 3 is 2.78 bits per heavy atom. The predicted octanol–water partition coefficient (Wildman–Crippen LogP) is 2.76. The summed E-state index contributed by atoms with van der Waals surface area (Å²) in [5, 5.41) is 11.5. The summed E-state index contributed by atoms with van der Waals surface area (Å²) in [7, 11) is 1.86. The number of imide groups is 1. The number of hydrogen-bond acceptors (Lipinski definition) is 6. The van der Waals surface area contributed by atoms with Crippen molar-refractivity contribution in [3.63, 3.8) is 0 Å². The number of rotatable bonds is 4. The van der Waals surface area contributed by atoms with Crippen LogP contribution in [-0.4, -0.2) is 57.8 Å². The number of nitrogens with one attached hydrogen (secondary N) is 2. The Morgan fingerprint density at radius 2 is 2.06 bits per heavy atom. The lowest BCUT2D eigenvalue weighted by Gasteiger charge is -2.24. The molecule has 2 fully saturated rings. The second kappa shape index (κ2) is 8.44. The Labute approximate surface area is 187 Å². The van der Waals surface area contributed by atoms with Gasteiger partial charge >= 0.3 is 6.09 Å². The topological polar surface area (TPSA) is 106 Å². The monoisotopic (exact) mass is 441 g/mol. The van der Waals surface area contributed by atoms with E-state index >= 15 is 0 Å². The molecule has 2 saturated heterocycles. The number of aryl methyl sites for hydroxylation is 1. The molecule has 1 unspecified atom stereocenters. The molecule has 2 atom stereocenters. The number of para-hydroxylation sites is 1. The maximum absolute atomic E-state index is 12.4. The second-order valence-electron chi connectivity index (χ2n) is 9.68. The highest BCUT2D eigenvalue weighted by molar-refractivity contribution is 6.03.